The van der Waals surface area contributed by atoms with E-state index in [2.05, 4.69) is 4.90 Å². The molecule has 1 fully saturated rings. The zero-order valence-electron chi connectivity index (χ0n) is 9.19. The number of ether oxygens (including phenoxy) is 1. The summed E-state index contributed by atoms with van der Waals surface area (Å²) in [6.07, 6.45) is 0. The van der Waals surface area contributed by atoms with Crippen molar-refractivity contribution in [1.29, 1.82) is 0 Å². The van der Waals surface area contributed by atoms with Crippen LogP contribution in [0.15, 0.2) is 24.3 Å². The van der Waals surface area contributed by atoms with E-state index in [1.54, 1.807) is 18.2 Å². The van der Waals surface area contributed by atoms with Crippen LogP contribution in [-0.2, 0) is 4.74 Å². The third-order valence-corrected chi connectivity index (χ3v) is 2.68. The van der Waals surface area contributed by atoms with Gasteiger partial charge in [-0.05, 0) is 12.1 Å². The predicted octanol–water partition coefficient (Wildman–Crippen LogP) is 0.784. The highest BCUT2D eigenvalue weighted by molar-refractivity contribution is 5.98. The third-order valence-electron chi connectivity index (χ3n) is 2.68. The number of carbonyl (C=O) groups excluding carboxylic acids is 1. The first-order valence-electron chi connectivity index (χ1n) is 5.44. The zero-order chi connectivity index (χ0) is 11.4. The fourth-order valence-corrected chi connectivity index (χ4v) is 1.77. The molecule has 0 radical (unpaired) electrons. The molecule has 1 heterocycles. The second kappa shape index (κ2) is 5.09. The fourth-order valence-electron chi connectivity index (χ4n) is 1.77. The third kappa shape index (κ3) is 2.81. The largest absolute Gasteiger partial charge is 0.399 e. The van der Waals surface area contributed by atoms with Gasteiger partial charge in [-0.2, -0.15) is 0 Å². The maximum absolute atomic E-state index is 11.9. The summed E-state index contributed by atoms with van der Waals surface area (Å²) in [4.78, 5) is 14.0. The van der Waals surface area contributed by atoms with Gasteiger partial charge in [0.15, 0.2) is 5.78 Å². The van der Waals surface area contributed by atoms with Gasteiger partial charge in [0.1, 0.15) is 0 Å². The van der Waals surface area contributed by atoms with Crippen LogP contribution >= 0.6 is 0 Å². The van der Waals surface area contributed by atoms with Crippen LogP contribution in [0.3, 0.4) is 0 Å². The second-order valence-electron chi connectivity index (χ2n) is 3.94. The standard InChI is InChI=1S/C12H16N2O2/c13-11-3-1-2-10(8-11)12(15)9-14-4-6-16-7-5-14/h1-3,8H,4-7,9,13H2. The molecule has 0 saturated carbocycles. The van der Waals surface area contributed by atoms with E-state index in [4.69, 9.17) is 10.5 Å². The number of hydrogen-bond donors (Lipinski definition) is 1. The summed E-state index contributed by atoms with van der Waals surface area (Å²) in [5.74, 6) is 0.120. The molecule has 1 saturated heterocycles. The van der Waals surface area contributed by atoms with E-state index in [0.29, 0.717) is 31.0 Å². The SMILES string of the molecule is Nc1cccc(C(=O)CN2CCOCC2)c1. The second-order valence-corrected chi connectivity index (χ2v) is 3.94. The van der Waals surface area contributed by atoms with E-state index in [1.165, 1.54) is 0 Å². The number of benzene rings is 1. The fraction of sp³-hybridized carbons (Fsp3) is 0.417. The zero-order valence-corrected chi connectivity index (χ0v) is 9.19. The molecular weight excluding hydrogens is 204 g/mol. The van der Waals surface area contributed by atoms with Crippen molar-refractivity contribution in [3.63, 3.8) is 0 Å². The van der Waals surface area contributed by atoms with Crippen molar-refractivity contribution < 1.29 is 9.53 Å². The summed E-state index contributed by atoms with van der Waals surface area (Å²) in [7, 11) is 0. The van der Waals surface area contributed by atoms with Gasteiger partial charge in [-0.3, -0.25) is 9.69 Å². The maximum Gasteiger partial charge on any atom is 0.176 e. The molecule has 1 aliphatic rings. The van der Waals surface area contributed by atoms with Gasteiger partial charge in [0.2, 0.25) is 0 Å². The van der Waals surface area contributed by atoms with Crippen LogP contribution in [0.2, 0.25) is 0 Å². The van der Waals surface area contributed by atoms with Gasteiger partial charge in [0, 0.05) is 24.3 Å². The smallest absolute Gasteiger partial charge is 0.176 e. The van der Waals surface area contributed by atoms with Crippen LogP contribution in [0.25, 0.3) is 0 Å². The predicted molar refractivity (Wildman–Crippen MR) is 62.4 cm³/mol. The Labute approximate surface area is 95.0 Å². The molecule has 0 atom stereocenters. The molecule has 0 amide bonds. The molecule has 0 spiro atoms. The van der Waals surface area contributed by atoms with Gasteiger partial charge < -0.3 is 10.5 Å². The molecule has 0 aliphatic carbocycles. The van der Waals surface area contributed by atoms with Gasteiger partial charge >= 0.3 is 0 Å². The average molecular weight is 220 g/mol. The Balaban J connectivity index is 1.97. The molecule has 86 valence electrons. The number of nitrogens with zero attached hydrogens (tertiary/aromatic N) is 1. The summed E-state index contributed by atoms with van der Waals surface area (Å²) in [6.45, 7) is 3.53. The number of hydrogen-bond acceptors (Lipinski definition) is 4. The molecule has 0 bridgehead atoms. The summed E-state index contributed by atoms with van der Waals surface area (Å²) in [5.41, 5.74) is 6.96. The van der Waals surface area contributed by atoms with Crippen molar-refractivity contribution in [1.82, 2.24) is 4.90 Å². The van der Waals surface area contributed by atoms with Gasteiger partial charge in [-0.15, -0.1) is 0 Å². The van der Waals surface area contributed by atoms with Gasteiger partial charge in [-0.1, -0.05) is 12.1 Å². The van der Waals surface area contributed by atoms with Crippen LogP contribution in [0.1, 0.15) is 10.4 Å². The molecule has 0 aromatic heterocycles. The van der Waals surface area contributed by atoms with Crippen LogP contribution in [0, 0.1) is 0 Å². The number of morpholine rings is 1. The summed E-state index contributed by atoms with van der Waals surface area (Å²) < 4.78 is 5.23. The van der Waals surface area contributed by atoms with Crippen LogP contribution in [0.4, 0.5) is 5.69 Å². The minimum absolute atomic E-state index is 0.120. The highest BCUT2D eigenvalue weighted by Crippen LogP contribution is 2.08. The Kier molecular flexibility index (Phi) is 3.54. The van der Waals surface area contributed by atoms with Crippen LogP contribution in [0.5, 0.6) is 0 Å². The number of anilines is 1. The van der Waals surface area contributed by atoms with Crippen LogP contribution < -0.4 is 5.73 Å². The minimum Gasteiger partial charge on any atom is -0.399 e. The molecular formula is C12H16N2O2. The van der Waals surface area contributed by atoms with E-state index in [9.17, 15) is 4.79 Å². The number of nitrogens with two attached hydrogens (primary N) is 1. The lowest BCUT2D eigenvalue weighted by molar-refractivity contribution is 0.0371. The van der Waals surface area contributed by atoms with Crippen molar-refractivity contribution in [2.45, 2.75) is 0 Å². The lowest BCUT2D eigenvalue weighted by atomic mass is 10.1. The number of nitrogen functional groups attached to an aromatic ring is 1. The Hall–Kier alpha value is -1.39. The molecule has 0 unspecified atom stereocenters. The van der Waals surface area contributed by atoms with Crippen molar-refractivity contribution in [3.8, 4) is 0 Å². The number of carbonyl (C=O) groups is 1. The Bertz CT molecular complexity index is 373. The summed E-state index contributed by atoms with van der Waals surface area (Å²) in [5, 5.41) is 0. The van der Waals surface area contributed by atoms with E-state index in [0.717, 1.165) is 13.1 Å². The summed E-state index contributed by atoms with van der Waals surface area (Å²) >= 11 is 0. The molecule has 2 N–H and O–H groups in total. The number of rotatable bonds is 3. The van der Waals surface area contributed by atoms with E-state index >= 15 is 0 Å². The van der Waals surface area contributed by atoms with Crippen molar-refractivity contribution in [3.05, 3.63) is 29.8 Å². The number of ketones is 1. The van der Waals surface area contributed by atoms with Crippen LogP contribution in [-0.4, -0.2) is 43.5 Å². The number of Topliss-reactive ketones (excluding diaryl/α,β-unsaturated/α-hetero) is 1. The van der Waals surface area contributed by atoms with E-state index in [1.807, 2.05) is 6.07 Å². The quantitative estimate of drug-likeness (QED) is 0.604. The lowest BCUT2D eigenvalue weighted by Crippen LogP contribution is -2.39. The van der Waals surface area contributed by atoms with Crippen molar-refractivity contribution >= 4 is 11.5 Å². The highest BCUT2D eigenvalue weighted by Gasteiger charge is 2.15. The summed E-state index contributed by atoms with van der Waals surface area (Å²) in [6, 6.07) is 7.12. The highest BCUT2D eigenvalue weighted by atomic mass is 16.5. The Morgan fingerprint density at radius 2 is 2.12 bits per heavy atom. The van der Waals surface area contributed by atoms with Crippen molar-refractivity contribution in [2.75, 3.05) is 38.6 Å². The van der Waals surface area contributed by atoms with Gasteiger partial charge in [-0.25, -0.2) is 0 Å². The minimum atomic E-state index is 0.120. The molecule has 4 nitrogen and oxygen atoms in total. The Morgan fingerprint density at radius 3 is 2.81 bits per heavy atom. The van der Waals surface area contributed by atoms with E-state index < -0.39 is 0 Å². The first-order valence-corrected chi connectivity index (χ1v) is 5.44. The van der Waals surface area contributed by atoms with Crippen molar-refractivity contribution in [2.24, 2.45) is 0 Å². The normalized spacial score (nSPS) is 17.2. The first-order chi connectivity index (χ1) is 7.75. The monoisotopic (exact) mass is 220 g/mol. The maximum atomic E-state index is 11.9. The van der Waals surface area contributed by atoms with Gasteiger partial charge in [0.25, 0.3) is 0 Å². The average Bonchev–Trinajstić information content (AvgIpc) is 2.30. The first kappa shape index (κ1) is 11.1. The molecule has 1 aliphatic heterocycles. The lowest BCUT2D eigenvalue weighted by Gasteiger charge is -2.25. The molecule has 16 heavy (non-hydrogen) atoms. The Morgan fingerprint density at radius 1 is 1.38 bits per heavy atom. The topological polar surface area (TPSA) is 55.6 Å². The molecule has 1 aromatic rings. The molecule has 4 heteroatoms. The molecule has 1 aromatic carbocycles. The van der Waals surface area contributed by atoms with Gasteiger partial charge in [0.05, 0.1) is 19.8 Å². The molecule has 2 rings (SSSR count). The van der Waals surface area contributed by atoms with E-state index in [-0.39, 0.29) is 5.78 Å².